The smallest absolute Gasteiger partial charge is 0.254 e. The highest BCUT2D eigenvalue weighted by atomic mass is 16.7. The Morgan fingerprint density at radius 3 is 2.51 bits per heavy atom. The van der Waals surface area contributed by atoms with E-state index >= 15 is 0 Å². The van der Waals surface area contributed by atoms with E-state index < -0.39 is 5.41 Å². The number of carbonyl (C=O) groups is 2. The van der Waals surface area contributed by atoms with E-state index in [-0.39, 0.29) is 26.6 Å². The molecule has 5 rings (SSSR count). The van der Waals surface area contributed by atoms with Gasteiger partial charge in [-0.2, -0.15) is 5.26 Å². The molecule has 1 heterocycles. The molecule has 0 bridgehead atoms. The van der Waals surface area contributed by atoms with E-state index in [2.05, 4.69) is 5.32 Å². The minimum Gasteiger partial charge on any atom is -0.454 e. The Bertz CT molecular complexity index is 1360. The average molecular weight is 470 g/mol. The second kappa shape index (κ2) is 8.80. The van der Waals surface area contributed by atoms with Gasteiger partial charge < -0.3 is 19.7 Å². The summed E-state index contributed by atoms with van der Waals surface area (Å²) in [5, 5.41) is 11.9. The van der Waals surface area contributed by atoms with Gasteiger partial charge in [-0.25, -0.2) is 0 Å². The van der Waals surface area contributed by atoms with Gasteiger partial charge in [0.1, 0.15) is 6.54 Å². The first-order valence-electron chi connectivity index (χ1n) is 11.5. The quantitative estimate of drug-likeness (QED) is 0.519. The molecule has 0 atom stereocenters. The summed E-state index contributed by atoms with van der Waals surface area (Å²) in [6, 6.07) is 20.8. The lowest BCUT2D eigenvalue weighted by Crippen LogP contribution is -2.27. The van der Waals surface area contributed by atoms with Crippen LogP contribution in [0.3, 0.4) is 0 Å². The number of ether oxygens (including phenoxy) is 2. The number of anilines is 1. The number of carbonyl (C=O) groups excluding carboxylic acids is 2. The molecule has 3 aromatic rings. The third-order valence-corrected chi connectivity index (χ3v) is 6.70. The molecule has 35 heavy (non-hydrogen) atoms. The van der Waals surface area contributed by atoms with Crippen molar-refractivity contribution in [2.75, 3.05) is 25.7 Å². The van der Waals surface area contributed by atoms with E-state index in [1.54, 1.807) is 19.2 Å². The molecule has 2 aliphatic rings. The molecule has 0 unspecified atom stereocenters. The summed E-state index contributed by atoms with van der Waals surface area (Å²) in [5.74, 6) is 1.15. The van der Waals surface area contributed by atoms with Crippen molar-refractivity contribution in [1.29, 1.82) is 5.26 Å². The fourth-order valence-corrected chi connectivity index (χ4v) is 4.42. The maximum atomic E-state index is 13.3. The van der Waals surface area contributed by atoms with Crippen LogP contribution in [-0.4, -0.2) is 37.1 Å². The van der Waals surface area contributed by atoms with E-state index in [0.717, 1.165) is 40.8 Å². The van der Waals surface area contributed by atoms with Crippen molar-refractivity contribution in [2.45, 2.75) is 25.2 Å². The van der Waals surface area contributed by atoms with Gasteiger partial charge in [0.15, 0.2) is 11.5 Å². The first-order chi connectivity index (χ1) is 16.9. The van der Waals surface area contributed by atoms with E-state index in [1.165, 1.54) is 4.90 Å². The van der Waals surface area contributed by atoms with E-state index in [4.69, 9.17) is 14.7 Å². The lowest BCUT2D eigenvalue weighted by Gasteiger charge is -2.17. The molecule has 1 aliphatic carbocycles. The van der Waals surface area contributed by atoms with Gasteiger partial charge in [-0.05, 0) is 78.4 Å². The van der Waals surface area contributed by atoms with E-state index in [1.807, 2.05) is 61.5 Å². The van der Waals surface area contributed by atoms with Crippen molar-refractivity contribution in [3.05, 3.63) is 77.4 Å². The summed E-state index contributed by atoms with van der Waals surface area (Å²) in [6.45, 7) is 2.25. The molecule has 1 aliphatic heterocycles. The number of nitriles is 1. The summed E-state index contributed by atoms with van der Waals surface area (Å²) >= 11 is 0. The van der Waals surface area contributed by atoms with Crippen LogP contribution in [0.4, 0.5) is 5.69 Å². The Morgan fingerprint density at radius 1 is 1.06 bits per heavy atom. The first kappa shape index (κ1) is 22.5. The van der Waals surface area contributed by atoms with Gasteiger partial charge in [0.05, 0.1) is 11.5 Å². The molecule has 2 amide bonds. The van der Waals surface area contributed by atoms with Crippen LogP contribution in [0.15, 0.2) is 60.7 Å². The van der Waals surface area contributed by atoms with Crippen LogP contribution >= 0.6 is 0 Å². The molecule has 1 saturated carbocycles. The minimum absolute atomic E-state index is 0. The van der Waals surface area contributed by atoms with Gasteiger partial charge in [0.25, 0.3) is 5.91 Å². The molecule has 1 N–H and O–H groups in total. The SMILES string of the molecule is Cc1ccc(NC(=O)C2(c3ccc4c(c3)OCO4)CC2)cc1-c1ccc(C(=O)N(C)CC#N)cc1.[HH]. The van der Waals surface area contributed by atoms with Crippen LogP contribution in [0.2, 0.25) is 0 Å². The standard InChI is InChI=1S/C28H25N3O4.H2/c1-18-3-9-22(16-23(18)19-4-6-20(7-5-19)26(32)31(2)14-13-29)30-27(33)28(11-12-28)21-8-10-24-25(15-21)35-17-34-24;/h3-10,15-16H,11-12,14,17H2,1-2H3,(H,30,33);1H. The highest BCUT2D eigenvalue weighted by Gasteiger charge is 2.51. The predicted octanol–water partition coefficient (Wildman–Crippen LogP) is 4.90. The Balaban J connectivity index is 0.00000304. The molecular weight excluding hydrogens is 442 g/mol. The number of rotatable bonds is 6. The van der Waals surface area contributed by atoms with Crippen LogP contribution in [0, 0.1) is 18.3 Å². The van der Waals surface area contributed by atoms with Gasteiger partial charge >= 0.3 is 0 Å². The average Bonchev–Trinajstić information content (AvgIpc) is 3.55. The van der Waals surface area contributed by atoms with Crippen LogP contribution in [0.1, 0.15) is 35.8 Å². The zero-order valence-electron chi connectivity index (χ0n) is 19.6. The largest absolute Gasteiger partial charge is 0.454 e. The maximum Gasteiger partial charge on any atom is 0.254 e. The monoisotopic (exact) mass is 469 g/mol. The van der Waals surface area contributed by atoms with Gasteiger partial charge in [-0.1, -0.05) is 24.3 Å². The van der Waals surface area contributed by atoms with Crippen LogP contribution in [-0.2, 0) is 10.2 Å². The van der Waals surface area contributed by atoms with Gasteiger partial charge in [0.2, 0.25) is 12.7 Å². The fourth-order valence-electron chi connectivity index (χ4n) is 4.42. The molecule has 0 aromatic heterocycles. The topological polar surface area (TPSA) is 91.7 Å². The Morgan fingerprint density at radius 2 is 1.80 bits per heavy atom. The molecular formula is C28H27N3O4. The van der Waals surface area contributed by atoms with Gasteiger partial charge in [-0.15, -0.1) is 0 Å². The van der Waals surface area contributed by atoms with Gasteiger partial charge in [-0.3, -0.25) is 9.59 Å². The number of hydrogen-bond donors (Lipinski definition) is 1. The lowest BCUT2D eigenvalue weighted by atomic mass is 9.94. The molecule has 0 radical (unpaired) electrons. The maximum absolute atomic E-state index is 13.3. The normalized spacial score (nSPS) is 14.7. The van der Waals surface area contributed by atoms with Crippen LogP contribution in [0.25, 0.3) is 11.1 Å². The zero-order chi connectivity index (χ0) is 24.6. The number of fused-ring (bicyclic) bond motifs is 1. The highest BCUT2D eigenvalue weighted by Crippen LogP contribution is 2.51. The number of amides is 2. The summed E-state index contributed by atoms with van der Waals surface area (Å²) in [6.07, 6.45) is 1.57. The zero-order valence-corrected chi connectivity index (χ0v) is 19.6. The predicted molar refractivity (Wildman–Crippen MR) is 133 cm³/mol. The van der Waals surface area contributed by atoms with E-state index in [0.29, 0.717) is 17.1 Å². The summed E-state index contributed by atoms with van der Waals surface area (Å²) in [7, 11) is 1.60. The van der Waals surface area contributed by atoms with Crippen molar-refractivity contribution < 1.29 is 20.5 Å². The van der Waals surface area contributed by atoms with Crippen molar-refractivity contribution in [2.24, 2.45) is 0 Å². The first-order valence-corrected chi connectivity index (χ1v) is 11.5. The van der Waals surface area contributed by atoms with Crippen molar-refractivity contribution in [3.63, 3.8) is 0 Å². The highest BCUT2D eigenvalue weighted by molar-refractivity contribution is 6.02. The molecule has 7 nitrogen and oxygen atoms in total. The third-order valence-electron chi connectivity index (χ3n) is 6.70. The lowest BCUT2D eigenvalue weighted by molar-refractivity contribution is -0.118. The molecule has 0 spiro atoms. The second-order valence-corrected chi connectivity index (χ2v) is 9.03. The third kappa shape index (κ3) is 4.19. The number of aryl methyl sites for hydroxylation is 1. The Kier molecular flexibility index (Phi) is 5.65. The summed E-state index contributed by atoms with van der Waals surface area (Å²) in [4.78, 5) is 27.1. The molecule has 1 fully saturated rings. The van der Waals surface area contributed by atoms with E-state index in [9.17, 15) is 9.59 Å². The number of nitrogens with zero attached hydrogens (tertiary/aromatic N) is 2. The Labute approximate surface area is 205 Å². The molecule has 0 saturated heterocycles. The number of nitrogens with one attached hydrogen (secondary N) is 1. The van der Waals surface area contributed by atoms with Gasteiger partial charge in [0, 0.05) is 19.7 Å². The summed E-state index contributed by atoms with van der Waals surface area (Å²) < 4.78 is 10.9. The summed E-state index contributed by atoms with van der Waals surface area (Å²) in [5.41, 5.74) is 4.59. The number of benzene rings is 3. The number of hydrogen-bond acceptors (Lipinski definition) is 5. The van der Waals surface area contributed by atoms with Crippen LogP contribution in [0.5, 0.6) is 11.5 Å². The van der Waals surface area contributed by atoms with Crippen molar-refractivity contribution in [3.8, 4) is 28.7 Å². The molecule has 178 valence electrons. The Hall–Kier alpha value is -4.31. The second-order valence-electron chi connectivity index (χ2n) is 9.03. The van der Waals surface area contributed by atoms with Crippen LogP contribution < -0.4 is 14.8 Å². The fraction of sp³-hybridized carbons (Fsp3) is 0.250. The molecule has 7 heteroatoms. The van der Waals surface area contributed by atoms with Crippen molar-refractivity contribution >= 4 is 17.5 Å². The van der Waals surface area contributed by atoms with Crippen molar-refractivity contribution in [1.82, 2.24) is 4.90 Å². The molecule has 3 aromatic carbocycles. The minimum atomic E-state index is -0.552.